The minimum Gasteiger partial charge on any atom is -0.497 e. The number of methoxy groups -OCH3 is 1. The Labute approximate surface area is 138 Å². The van der Waals surface area contributed by atoms with Crippen molar-refractivity contribution in [3.05, 3.63) is 42.2 Å². The molecule has 124 valence electrons. The summed E-state index contributed by atoms with van der Waals surface area (Å²) in [5.74, 6) is 0.632. The lowest BCUT2D eigenvalue weighted by molar-refractivity contribution is 0.101. The van der Waals surface area contributed by atoms with E-state index in [1.165, 1.54) is 0 Å². The van der Waals surface area contributed by atoms with Gasteiger partial charge in [0, 0.05) is 17.8 Å². The molecule has 0 bridgehead atoms. The maximum atomic E-state index is 12.1. The van der Waals surface area contributed by atoms with Crippen LogP contribution in [-0.4, -0.2) is 33.0 Å². The number of benzene rings is 1. The molecule has 1 amide bonds. The van der Waals surface area contributed by atoms with Gasteiger partial charge in [-0.25, -0.2) is 0 Å². The lowest BCUT2D eigenvalue weighted by Crippen LogP contribution is -2.14. The summed E-state index contributed by atoms with van der Waals surface area (Å²) < 4.78 is 12.3. The highest BCUT2D eigenvalue weighted by atomic mass is 16.5. The van der Waals surface area contributed by atoms with Gasteiger partial charge >= 0.3 is 6.01 Å². The number of aromatic nitrogens is 4. The first-order valence-corrected chi connectivity index (χ1v) is 7.41. The minimum atomic E-state index is -0.403. The van der Waals surface area contributed by atoms with Crippen LogP contribution in [0.4, 0.5) is 6.01 Å². The molecule has 2 heterocycles. The fourth-order valence-electron chi connectivity index (χ4n) is 2.03. The fraction of sp³-hybridized carbons (Fsp3) is 0.250. The monoisotopic (exact) mass is 327 g/mol. The molecule has 0 unspecified atom stereocenters. The lowest BCUT2D eigenvalue weighted by atomic mass is 10.2. The van der Waals surface area contributed by atoms with Gasteiger partial charge in [-0.2, -0.15) is 5.10 Å². The molecule has 1 N–H and O–H groups in total. The maximum absolute atomic E-state index is 12.1. The summed E-state index contributed by atoms with van der Waals surface area (Å²) in [6.45, 7) is 3.96. The van der Waals surface area contributed by atoms with E-state index in [9.17, 15) is 4.79 Å². The molecule has 8 nitrogen and oxygen atoms in total. The first-order chi connectivity index (χ1) is 11.6. The summed E-state index contributed by atoms with van der Waals surface area (Å²) in [5.41, 5.74) is 1.01. The highest BCUT2D eigenvalue weighted by molar-refractivity contribution is 6.01. The summed E-state index contributed by atoms with van der Waals surface area (Å²) in [6, 6.07) is 8.99. The van der Waals surface area contributed by atoms with Crippen molar-refractivity contribution in [3.8, 4) is 17.2 Å². The number of ether oxygens (including phenoxy) is 1. The van der Waals surface area contributed by atoms with Gasteiger partial charge in [0.05, 0.1) is 7.11 Å². The van der Waals surface area contributed by atoms with Crippen molar-refractivity contribution in [2.24, 2.45) is 0 Å². The molecule has 1 aromatic carbocycles. The van der Waals surface area contributed by atoms with Crippen molar-refractivity contribution in [2.45, 2.75) is 19.9 Å². The van der Waals surface area contributed by atoms with Crippen LogP contribution in [0.5, 0.6) is 5.75 Å². The SMILES string of the molecule is COc1ccc(-c2nnc(NC(=O)c3ccn(C(C)C)n3)o2)cc1. The molecule has 0 aliphatic heterocycles. The molecule has 3 rings (SSSR count). The van der Waals surface area contributed by atoms with Crippen LogP contribution < -0.4 is 10.1 Å². The predicted molar refractivity (Wildman–Crippen MR) is 86.9 cm³/mol. The third-order valence-corrected chi connectivity index (χ3v) is 3.35. The molecular formula is C16H17N5O3. The van der Waals surface area contributed by atoms with Crippen LogP contribution in [0.15, 0.2) is 40.9 Å². The molecule has 0 aliphatic rings. The van der Waals surface area contributed by atoms with Gasteiger partial charge in [0.2, 0.25) is 5.89 Å². The van der Waals surface area contributed by atoms with Gasteiger partial charge in [0.1, 0.15) is 5.75 Å². The Kier molecular flexibility index (Phi) is 4.28. The third-order valence-electron chi connectivity index (χ3n) is 3.35. The van der Waals surface area contributed by atoms with Crippen molar-refractivity contribution in [1.29, 1.82) is 0 Å². The van der Waals surface area contributed by atoms with E-state index < -0.39 is 5.91 Å². The summed E-state index contributed by atoms with van der Waals surface area (Å²) in [5, 5.41) is 14.5. The molecule has 3 aromatic rings. The molecule has 0 spiro atoms. The molecule has 0 saturated carbocycles. The van der Waals surface area contributed by atoms with E-state index in [4.69, 9.17) is 9.15 Å². The predicted octanol–water partition coefficient (Wildman–Crippen LogP) is 2.77. The van der Waals surface area contributed by atoms with Gasteiger partial charge in [0.25, 0.3) is 5.91 Å². The van der Waals surface area contributed by atoms with Gasteiger partial charge < -0.3 is 9.15 Å². The quantitative estimate of drug-likeness (QED) is 0.774. The van der Waals surface area contributed by atoms with Crippen LogP contribution >= 0.6 is 0 Å². The van der Waals surface area contributed by atoms with Crippen LogP contribution in [0.3, 0.4) is 0 Å². The number of hydrogen-bond acceptors (Lipinski definition) is 6. The Hall–Kier alpha value is -3.16. The van der Waals surface area contributed by atoms with Crippen LogP contribution in [-0.2, 0) is 0 Å². The van der Waals surface area contributed by atoms with E-state index in [0.717, 1.165) is 11.3 Å². The Morgan fingerprint density at radius 3 is 2.58 bits per heavy atom. The number of rotatable bonds is 5. The van der Waals surface area contributed by atoms with E-state index in [0.29, 0.717) is 5.89 Å². The van der Waals surface area contributed by atoms with Gasteiger partial charge in [-0.3, -0.25) is 14.8 Å². The van der Waals surface area contributed by atoms with Crippen molar-refractivity contribution in [1.82, 2.24) is 20.0 Å². The van der Waals surface area contributed by atoms with E-state index in [1.807, 2.05) is 13.8 Å². The van der Waals surface area contributed by atoms with Gasteiger partial charge in [-0.1, -0.05) is 5.10 Å². The van der Waals surface area contributed by atoms with Crippen molar-refractivity contribution >= 4 is 11.9 Å². The van der Waals surface area contributed by atoms with Crippen molar-refractivity contribution in [3.63, 3.8) is 0 Å². The van der Waals surface area contributed by atoms with Gasteiger partial charge in [0.15, 0.2) is 5.69 Å². The van der Waals surface area contributed by atoms with Gasteiger partial charge in [-0.15, -0.1) is 5.10 Å². The highest BCUT2D eigenvalue weighted by Gasteiger charge is 2.15. The first-order valence-electron chi connectivity index (χ1n) is 7.41. The Morgan fingerprint density at radius 2 is 1.96 bits per heavy atom. The van der Waals surface area contributed by atoms with Gasteiger partial charge in [-0.05, 0) is 44.2 Å². The lowest BCUT2D eigenvalue weighted by Gasteiger charge is -2.03. The second-order valence-corrected chi connectivity index (χ2v) is 5.37. The summed E-state index contributed by atoms with van der Waals surface area (Å²) in [7, 11) is 1.59. The zero-order valence-electron chi connectivity index (χ0n) is 13.6. The molecule has 24 heavy (non-hydrogen) atoms. The van der Waals surface area contributed by atoms with Crippen LogP contribution in [0, 0.1) is 0 Å². The third kappa shape index (κ3) is 3.27. The average Bonchev–Trinajstić information content (AvgIpc) is 3.24. The molecule has 0 fully saturated rings. The zero-order valence-corrected chi connectivity index (χ0v) is 13.6. The highest BCUT2D eigenvalue weighted by Crippen LogP contribution is 2.22. The summed E-state index contributed by atoms with van der Waals surface area (Å²) in [6.07, 6.45) is 1.75. The molecule has 8 heteroatoms. The minimum absolute atomic E-state index is 0.0184. The van der Waals surface area contributed by atoms with Crippen LogP contribution in [0.25, 0.3) is 11.5 Å². The number of carbonyl (C=O) groups excluding carboxylic acids is 1. The molecule has 0 radical (unpaired) electrons. The number of anilines is 1. The van der Waals surface area contributed by atoms with E-state index >= 15 is 0 Å². The van der Waals surface area contributed by atoms with Crippen LogP contribution in [0.2, 0.25) is 0 Å². The number of carbonyl (C=O) groups is 1. The molecule has 0 saturated heterocycles. The van der Waals surface area contributed by atoms with Crippen molar-refractivity contribution < 1.29 is 13.9 Å². The molecule has 0 atom stereocenters. The van der Waals surface area contributed by atoms with E-state index in [2.05, 4.69) is 20.6 Å². The first kappa shape index (κ1) is 15.7. The smallest absolute Gasteiger partial charge is 0.322 e. The Bertz CT molecular complexity index is 836. The summed E-state index contributed by atoms with van der Waals surface area (Å²) in [4.78, 5) is 12.1. The fourth-order valence-corrected chi connectivity index (χ4v) is 2.03. The largest absolute Gasteiger partial charge is 0.497 e. The number of hydrogen-bond donors (Lipinski definition) is 1. The molecular weight excluding hydrogens is 310 g/mol. The van der Waals surface area contributed by atoms with E-state index in [1.54, 1.807) is 48.3 Å². The Morgan fingerprint density at radius 1 is 1.21 bits per heavy atom. The number of nitrogens with one attached hydrogen (secondary N) is 1. The molecule has 2 aromatic heterocycles. The van der Waals surface area contributed by atoms with Crippen LogP contribution in [0.1, 0.15) is 30.4 Å². The average molecular weight is 327 g/mol. The second-order valence-electron chi connectivity index (χ2n) is 5.37. The maximum Gasteiger partial charge on any atom is 0.322 e. The molecule has 0 aliphatic carbocycles. The standard InChI is InChI=1S/C16H17N5O3/c1-10(2)21-9-8-13(20-21)14(22)17-16-19-18-15(24-16)11-4-6-12(23-3)7-5-11/h4-10H,1-3H3,(H,17,19,22). The van der Waals surface area contributed by atoms with E-state index in [-0.39, 0.29) is 17.8 Å². The normalized spacial score (nSPS) is 10.8. The number of nitrogens with zero attached hydrogens (tertiary/aromatic N) is 4. The topological polar surface area (TPSA) is 95.1 Å². The zero-order chi connectivity index (χ0) is 17.1. The second kappa shape index (κ2) is 6.53. The summed E-state index contributed by atoms with van der Waals surface area (Å²) >= 11 is 0. The van der Waals surface area contributed by atoms with Crippen molar-refractivity contribution in [2.75, 3.05) is 12.4 Å². The Balaban J connectivity index is 1.71. The number of amides is 1.